The maximum absolute atomic E-state index is 2.70. The van der Waals surface area contributed by atoms with E-state index in [0.717, 1.165) is 13.1 Å². The summed E-state index contributed by atoms with van der Waals surface area (Å²) >= 11 is 0. The molecule has 18 heavy (non-hydrogen) atoms. The Morgan fingerprint density at radius 1 is 0.944 bits per heavy atom. The van der Waals surface area contributed by atoms with Crippen molar-refractivity contribution < 1.29 is 0 Å². The largest absolute Gasteiger partial charge is 0.314 e. The fourth-order valence-corrected chi connectivity index (χ4v) is 8.02. The first kappa shape index (κ1) is 15.4. The van der Waals surface area contributed by atoms with E-state index in [-0.39, 0.29) is 0 Å². The third-order valence-electron chi connectivity index (χ3n) is 3.86. The molecule has 1 unspecified atom stereocenters. The van der Waals surface area contributed by atoms with Gasteiger partial charge in [0.25, 0.3) is 0 Å². The Labute approximate surface area is 114 Å². The molecule has 1 atom stereocenters. The Morgan fingerprint density at radius 2 is 1.50 bits per heavy atom. The zero-order valence-corrected chi connectivity index (χ0v) is 13.6. The average molecular weight is 264 g/mol. The standard InChI is InChI=1S/C15H28N2Si/c1-6-14-18(16(4)5,17(7-2)8-3)15-12-10-9-11-13-15/h9-13H,6-8,14H2,1-5H3. The quantitative estimate of drug-likeness (QED) is 0.699. The number of rotatable bonds is 7. The Morgan fingerprint density at radius 3 is 1.89 bits per heavy atom. The van der Waals surface area contributed by atoms with Gasteiger partial charge >= 0.3 is 0 Å². The summed E-state index contributed by atoms with van der Waals surface area (Å²) in [4.78, 5) is 0. The zero-order chi connectivity index (χ0) is 13.6. The smallest absolute Gasteiger partial charge is 0.239 e. The number of benzene rings is 1. The van der Waals surface area contributed by atoms with Gasteiger partial charge in [-0.1, -0.05) is 57.5 Å². The van der Waals surface area contributed by atoms with Crippen molar-refractivity contribution in [3.05, 3.63) is 30.3 Å². The number of nitrogens with zero attached hydrogens (tertiary/aromatic N) is 2. The molecule has 0 aliphatic rings. The van der Waals surface area contributed by atoms with Gasteiger partial charge in [0.15, 0.2) is 0 Å². The van der Waals surface area contributed by atoms with Gasteiger partial charge in [0.05, 0.1) is 0 Å². The van der Waals surface area contributed by atoms with Gasteiger partial charge in [-0.25, -0.2) is 0 Å². The molecular weight excluding hydrogens is 236 g/mol. The van der Waals surface area contributed by atoms with E-state index < -0.39 is 8.40 Å². The second-order valence-corrected chi connectivity index (χ2v) is 9.24. The van der Waals surface area contributed by atoms with Gasteiger partial charge in [0.1, 0.15) is 0 Å². The van der Waals surface area contributed by atoms with E-state index in [1.165, 1.54) is 12.5 Å². The third kappa shape index (κ3) is 2.84. The van der Waals surface area contributed by atoms with Crippen molar-refractivity contribution in [2.24, 2.45) is 0 Å². The summed E-state index contributed by atoms with van der Waals surface area (Å²) in [5.74, 6) is 0. The second-order valence-electron chi connectivity index (χ2n) is 5.00. The second kappa shape index (κ2) is 7.07. The van der Waals surface area contributed by atoms with Crippen LogP contribution in [0.25, 0.3) is 0 Å². The first-order chi connectivity index (χ1) is 8.63. The summed E-state index contributed by atoms with van der Waals surface area (Å²) in [6.45, 7) is 9.14. The van der Waals surface area contributed by atoms with Gasteiger partial charge < -0.3 is 9.13 Å². The highest BCUT2D eigenvalue weighted by molar-refractivity contribution is 6.87. The highest BCUT2D eigenvalue weighted by Crippen LogP contribution is 2.20. The van der Waals surface area contributed by atoms with E-state index in [4.69, 9.17) is 0 Å². The van der Waals surface area contributed by atoms with Crippen molar-refractivity contribution >= 4 is 13.6 Å². The van der Waals surface area contributed by atoms with Crippen LogP contribution >= 0.6 is 0 Å². The van der Waals surface area contributed by atoms with Crippen molar-refractivity contribution in [3.63, 3.8) is 0 Å². The zero-order valence-electron chi connectivity index (χ0n) is 12.6. The van der Waals surface area contributed by atoms with Crippen LogP contribution in [0.1, 0.15) is 27.2 Å². The lowest BCUT2D eigenvalue weighted by Crippen LogP contribution is -2.70. The van der Waals surface area contributed by atoms with Crippen LogP contribution in [0.2, 0.25) is 6.04 Å². The van der Waals surface area contributed by atoms with Crippen molar-refractivity contribution in [3.8, 4) is 0 Å². The van der Waals surface area contributed by atoms with Crippen molar-refractivity contribution in [1.29, 1.82) is 0 Å². The van der Waals surface area contributed by atoms with E-state index in [1.54, 1.807) is 5.19 Å². The van der Waals surface area contributed by atoms with Crippen LogP contribution in [0, 0.1) is 0 Å². The maximum Gasteiger partial charge on any atom is 0.239 e. The molecule has 0 bridgehead atoms. The molecule has 1 aromatic rings. The lowest BCUT2D eigenvalue weighted by atomic mass is 10.4. The van der Waals surface area contributed by atoms with E-state index in [0.29, 0.717) is 0 Å². The Kier molecular flexibility index (Phi) is 6.06. The molecule has 0 amide bonds. The highest BCUT2D eigenvalue weighted by Gasteiger charge is 2.42. The number of hydrogen-bond donors (Lipinski definition) is 0. The lowest BCUT2D eigenvalue weighted by molar-refractivity contribution is 0.405. The Hall–Kier alpha value is -0.643. The molecule has 0 radical (unpaired) electrons. The van der Waals surface area contributed by atoms with Crippen molar-refractivity contribution in [1.82, 2.24) is 9.13 Å². The van der Waals surface area contributed by atoms with Crippen LogP contribution in [0.5, 0.6) is 0 Å². The van der Waals surface area contributed by atoms with E-state index in [2.05, 4.69) is 74.3 Å². The first-order valence-electron chi connectivity index (χ1n) is 7.11. The fourth-order valence-electron chi connectivity index (χ4n) is 3.05. The highest BCUT2D eigenvalue weighted by atomic mass is 28.3. The topological polar surface area (TPSA) is 6.48 Å². The predicted octanol–water partition coefficient (Wildman–Crippen LogP) is 2.65. The maximum atomic E-state index is 2.70. The minimum Gasteiger partial charge on any atom is -0.314 e. The molecule has 0 heterocycles. The van der Waals surface area contributed by atoms with Gasteiger partial charge in [0.2, 0.25) is 8.40 Å². The summed E-state index contributed by atoms with van der Waals surface area (Å²) < 4.78 is 5.21. The molecule has 1 rings (SSSR count). The molecule has 0 aromatic heterocycles. The normalized spacial score (nSPS) is 15.1. The molecule has 0 saturated heterocycles. The summed E-state index contributed by atoms with van der Waals surface area (Å²) in [6.07, 6.45) is 1.25. The molecule has 102 valence electrons. The van der Waals surface area contributed by atoms with Gasteiger partial charge in [-0.3, -0.25) is 0 Å². The molecule has 0 aliphatic carbocycles. The lowest BCUT2D eigenvalue weighted by Gasteiger charge is -2.46. The summed E-state index contributed by atoms with van der Waals surface area (Å²) in [5, 5.41) is 1.54. The number of hydrogen-bond acceptors (Lipinski definition) is 2. The van der Waals surface area contributed by atoms with Gasteiger partial charge in [0, 0.05) is 0 Å². The molecule has 1 aromatic carbocycles. The molecule has 0 N–H and O–H groups in total. The Balaban J connectivity index is 3.29. The molecule has 0 fully saturated rings. The molecular formula is C15H28N2Si. The summed E-state index contributed by atoms with van der Waals surface area (Å²) in [7, 11) is 2.80. The van der Waals surface area contributed by atoms with Crippen LogP contribution in [0.15, 0.2) is 30.3 Å². The van der Waals surface area contributed by atoms with Crippen LogP contribution < -0.4 is 5.19 Å². The van der Waals surface area contributed by atoms with E-state index >= 15 is 0 Å². The first-order valence-corrected chi connectivity index (χ1v) is 9.21. The van der Waals surface area contributed by atoms with Gasteiger partial charge in [-0.15, -0.1) is 0 Å². The molecule has 0 saturated carbocycles. The van der Waals surface area contributed by atoms with E-state index in [9.17, 15) is 0 Å². The average Bonchev–Trinajstić information content (AvgIpc) is 2.39. The third-order valence-corrected chi connectivity index (χ3v) is 9.47. The monoisotopic (exact) mass is 264 g/mol. The van der Waals surface area contributed by atoms with Gasteiger partial charge in [-0.2, -0.15) is 0 Å². The van der Waals surface area contributed by atoms with Crippen LogP contribution in [0.4, 0.5) is 0 Å². The molecule has 3 heteroatoms. The van der Waals surface area contributed by atoms with Crippen molar-refractivity contribution in [2.75, 3.05) is 27.2 Å². The fraction of sp³-hybridized carbons (Fsp3) is 0.600. The minimum absolute atomic E-state index is 1.13. The predicted molar refractivity (Wildman–Crippen MR) is 83.5 cm³/mol. The molecule has 0 aliphatic heterocycles. The van der Waals surface area contributed by atoms with Crippen LogP contribution in [-0.4, -0.2) is 44.7 Å². The van der Waals surface area contributed by atoms with Crippen LogP contribution in [-0.2, 0) is 0 Å². The summed E-state index contributed by atoms with van der Waals surface area (Å²) in [6, 6.07) is 12.4. The minimum atomic E-state index is -1.71. The molecule has 2 nitrogen and oxygen atoms in total. The Bertz CT molecular complexity index is 336. The summed E-state index contributed by atoms with van der Waals surface area (Å²) in [5.41, 5.74) is 0. The van der Waals surface area contributed by atoms with E-state index in [1.807, 2.05) is 0 Å². The SMILES string of the molecule is CCC[Si](c1ccccc1)(N(C)C)N(CC)CC. The van der Waals surface area contributed by atoms with Crippen LogP contribution in [0.3, 0.4) is 0 Å². The molecule has 0 spiro atoms. The van der Waals surface area contributed by atoms with Gasteiger partial charge in [-0.05, 0) is 38.4 Å². The van der Waals surface area contributed by atoms with Crippen molar-refractivity contribution in [2.45, 2.75) is 33.2 Å².